The molecule has 0 aliphatic heterocycles. The van der Waals surface area contributed by atoms with Gasteiger partial charge in [0.15, 0.2) is 0 Å². The van der Waals surface area contributed by atoms with Gasteiger partial charge in [-0.25, -0.2) is 0 Å². The third-order valence-electron chi connectivity index (χ3n) is 3.14. The molecular weight excluding hydrogens is 216 g/mol. The fourth-order valence-electron chi connectivity index (χ4n) is 2.01. The fraction of sp³-hybridized carbons (Fsp3) is 0.923. The van der Waals surface area contributed by atoms with E-state index in [4.69, 9.17) is 4.74 Å². The summed E-state index contributed by atoms with van der Waals surface area (Å²) in [6, 6.07) is 0.327. The SMILES string of the molecule is COCCCNC(=O)C(C)NC(C)CC1CC1. The molecule has 1 amide bonds. The molecule has 100 valence electrons. The molecule has 2 unspecified atom stereocenters. The highest BCUT2D eigenvalue weighted by Gasteiger charge is 2.24. The van der Waals surface area contributed by atoms with Gasteiger partial charge in [0, 0.05) is 26.3 Å². The number of rotatable bonds is 9. The smallest absolute Gasteiger partial charge is 0.236 e. The third-order valence-corrected chi connectivity index (χ3v) is 3.14. The monoisotopic (exact) mass is 242 g/mol. The zero-order valence-electron chi connectivity index (χ0n) is 11.3. The van der Waals surface area contributed by atoms with Gasteiger partial charge in [-0.1, -0.05) is 12.8 Å². The Morgan fingerprint density at radius 3 is 2.71 bits per heavy atom. The van der Waals surface area contributed by atoms with E-state index in [0.717, 1.165) is 12.3 Å². The molecule has 1 saturated carbocycles. The molecule has 0 bridgehead atoms. The highest BCUT2D eigenvalue weighted by molar-refractivity contribution is 5.81. The van der Waals surface area contributed by atoms with Crippen LogP contribution in [0, 0.1) is 5.92 Å². The van der Waals surface area contributed by atoms with Gasteiger partial charge < -0.3 is 15.4 Å². The Kier molecular flexibility index (Phi) is 6.52. The van der Waals surface area contributed by atoms with Crippen LogP contribution in [0.15, 0.2) is 0 Å². The number of amides is 1. The molecule has 0 radical (unpaired) electrons. The molecule has 0 spiro atoms. The van der Waals surface area contributed by atoms with Crippen LogP contribution in [0.1, 0.15) is 39.5 Å². The van der Waals surface area contributed by atoms with Crippen LogP contribution in [0.25, 0.3) is 0 Å². The second-order valence-electron chi connectivity index (χ2n) is 5.11. The van der Waals surface area contributed by atoms with E-state index < -0.39 is 0 Å². The van der Waals surface area contributed by atoms with Crippen LogP contribution < -0.4 is 10.6 Å². The first-order chi connectivity index (χ1) is 8.13. The van der Waals surface area contributed by atoms with E-state index in [1.807, 2.05) is 6.92 Å². The van der Waals surface area contributed by atoms with Gasteiger partial charge in [-0.05, 0) is 32.6 Å². The first-order valence-corrected chi connectivity index (χ1v) is 6.66. The van der Waals surface area contributed by atoms with Crippen LogP contribution in [-0.2, 0) is 9.53 Å². The van der Waals surface area contributed by atoms with E-state index in [-0.39, 0.29) is 11.9 Å². The van der Waals surface area contributed by atoms with Crippen molar-refractivity contribution in [3.05, 3.63) is 0 Å². The number of ether oxygens (including phenoxy) is 1. The number of methoxy groups -OCH3 is 1. The molecular formula is C13H26N2O2. The number of hydrogen-bond donors (Lipinski definition) is 2. The Balaban J connectivity index is 2.07. The Hall–Kier alpha value is -0.610. The Labute approximate surface area is 104 Å². The normalized spacial score (nSPS) is 18.8. The van der Waals surface area contributed by atoms with Crippen LogP contribution >= 0.6 is 0 Å². The molecule has 1 fully saturated rings. The predicted molar refractivity (Wildman–Crippen MR) is 68.9 cm³/mol. The maximum atomic E-state index is 11.7. The van der Waals surface area contributed by atoms with Crippen LogP contribution in [0.2, 0.25) is 0 Å². The highest BCUT2D eigenvalue weighted by atomic mass is 16.5. The summed E-state index contributed by atoms with van der Waals surface area (Å²) in [7, 11) is 1.67. The second-order valence-corrected chi connectivity index (χ2v) is 5.11. The van der Waals surface area contributed by atoms with Crippen LogP contribution in [0.3, 0.4) is 0 Å². The van der Waals surface area contributed by atoms with Crippen LogP contribution in [0.4, 0.5) is 0 Å². The molecule has 2 N–H and O–H groups in total. The summed E-state index contributed by atoms with van der Waals surface area (Å²) in [5.74, 6) is 0.984. The summed E-state index contributed by atoms with van der Waals surface area (Å²) in [4.78, 5) is 11.7. The molecule has 2 atom stereocenters. The average molecular weight is 242 g/mol. The van der Waals surface area contributed by atoms with E-state index in [0.29, 0.717) is 19.2 Å². The lowest BCUT2D eigenvalue weighted by molar-refractivity contribution is -0.123. The van der Waals surface area contributed by atoms with Gasteiger partial charge in [-0.15, -0.1) is 0 Å². The van der Waals surface area contributed by atoms with Gasteiger partial charge in [-0.2, -0.15) is 0 Å². The summed E-state index contributed by atoms with van der Waals surface area (Å²) >= 11 is 0. The van der Waals surface area contributed by atoms with E-state index in [2.05, 4.69) is 17.6 Å². The van der Waals surface area contributed by atoms with Crippen molar-refractivity contribution in [2.75, 3.05) is 20.3 Å². The van der Waals surface area contributed by atoms with E-state index in [9.17, 15) is 4.79 Å². The zero-order chi connectivity index (χ0) is 12.7. The minimum Gasteiger partial charge on any atom is -0.385 e. The average Bonchev–Trinajstić information content (AvgIpc) is 3.07. The zero-order valence-corrected chi connectivity index (χ0v) is 11.3. The maximum absolute atomic E-state index is 11.7. The van der Waals surface area contributed by atoms with Crippen molar-refractivity contribution < 1.29 is 9.53 Å². The maximum Gasteiger partial charge on any atom is 0.236 e. The molecule has 4 heteroatoms. The van der Waals surface area contributed by atoms with Crippen LogP contribution in [-0.4, -0.2) is 38.3 Å². The predicted octanol–water partition coefficient (Wildman–Crippen LogP) is 1.31. The van der Waals surface area contributed by atoms with Crippen molar-refractivity contribution in [2.45, 2.75) is 51.6 Å². The molecule has 0 aromatic heterocycles. The molecule has 0 saturated heterocycles. The van der Waals surface area contributed by atoms with Gasteiger partial charge in [0.1, 0.15) is 0 Å². The quantitative estimate of drug-likeness (QED) is 0.599. The van der Waals surface area contributed by atoms with Gasteiger partial charge >= 0.3 is 0 Å². The lowest BCUT2D eigenvalue weighted by Crippen LogP contribution is -2.46. The number of nitrogens with one attached hydrogen (secondary N) is 2. The van der Waals surface area contributed by atoms with Gasteiger partial charge in [0.2, 0.25) is 5.91 Å². The first kappa shape index (κ1) is 14.5. The topological polar surface area (TPSA) is 50.4 Å². The molecule has 0 heterocycles. The lowest BCUT2D eigenvalue weighted by atomic mass is 10.1. The van der Waals surface area contributed by atoms with Gasteiger partial charge in [-0.3, -0.25) is 4.79 Å². The second kappa shape index (κ2) is 7.67. The molecule has 1 rings (SSSR count). The summed E-state index contributed by atoms with van der Waals surface area (Å²) < 4.78 is 4.93. The minimum absolute atomic E-state index is 0.0868. The molecule has 17 heavy (non-hydrogen) atoms. The molecule has 4 nitrogen and oxygen atoms in total. The van der Waals surface area contributed by atoms with Crippen molar-refractivity contribution in [2.24, 2.45) is 5.92 Å². The summed E-state index contributed by atoms with van der Waals surface area (Å²) in [6.07, 6.45) is 4.79. The van der Waals surface area contributed by atoms with Crippen molar-refractivity contribution in [1.29, 1.82) is 0 Å². The molecule has 0 aromatic rings. The number of carbonyl (C=O) groups is 1. The van der Waals surface area contributed by atoms with E-state index in [1.165, 1.54) is 19.3 Å². The lowest BCUT2D eigenvalue weighted by Gasteiger charge is -2.19. The van der Waals surface area contributed by atoms with Crippen LogP contribution in [0.5, 0.6) is 0 Å². The Bertz CT molecular complexity index is 229. The van der Waals surface area contributed by atoms with Crippen molar-refractivity contribution in [1.82, 2.24) is 10.6 Å². The highest BCUT2D eigenvalue weighted by Crippen LogP contribution is 2.33. The van der Waals surface area contributed by atoms with Gasteiger partial charge in [0.05, 0.1) is 6.04 Å². The standard InChI is InChI=1S/C13H26N2O2/c1-10(9-12-5-6-12)15-11(2)13(16)14-7-4-8-17-3/h10-12,15H,4-9H2,1-3H3,(H,14,16). The van der Waals surface area contributed by atoms with E-state index >= 15 is 0 Å². The van der Waals surface area contributed by atoms with Crippen molar-refractivity contribution in [3.8, 4) is 0 Å². The number of carbonyl (C=O) groups excluding carboxylic acids is 1. The Morgan fingerprint density at radius 1 is 1.41 bits per heavy atom. The Morgan fingerprint density at radius 2 is 2.12 bits per heavy atom. The van der Waals surface area contributed by atoms with Crippen molar-refractivity contribution >= 4 is 5.91 Å². The summed E-state index contributed by atoms with van der Waals surface area (Å²) in [5, 5.41) is 6.26. The molecule has 1 aliphatic rings. The fourth-order valence-corrected chi connectivity index (χ4v) is 2.01. The van der Waals surface area contributed by atoms with E-state index in [1.54, 1.807) is 7.11 Å². The summed E-state index contributed by atoms with van der Waals surface area (Å²) in [5.41, 5.74) is 0. The minimum atomic E-state index is -0.105. The first-order valence-electron chi connectivity index (χ1n) is 6.66. The largest absolute Gasteiger partial charge is 0.385 e. The summed E-state index contributed by atoms with van der Waals surface area (Å²) in [6.45, 7) is 5.47. The third kappa shape index (κ3) is 6.64. The van der Waals surface area contributed by atoms with Gasteiger partial charge in [0.25, 0.3) is 0 Å². The van der Waals surface area contributed by atoms with Crippen molar-refractivity contribution in [3.63, 3.8) is 0 Å². The molecule has 1 aliphatic carbocycles. The number of hydrogen-bond acceptors (Lipinski definition) is 3. The molecule has 0 aromatic carbocycles.